The average molecular weight is 346 g/mol. The van der Waals surface area contributed by atoms with Gasteiger partial charge in [-0.25, -0.2) is 4.79 Å². The number of ether oxygens (including phenoxy) is 1. The van der Waals surface area contributed by atoms with Gasteiger partial charge in [0.25, 0.3) is 5.56 Å². The summed E-state index contributed by atoms with van der Waals surface area (Å²) in [4.78, 5) is 35.3. The Morgan fingerprint density at radius 1 is 1.57 bits per heavy atom. The van der Waals surface area contributed by atoms with Crippen LogP contribution < -0.4 is 11.2 Å². The first-order valence-electron chi connectivity index (χ1n) is 7.49. The fourth-order valence-corrected chi connectivity index (χ4v) is 4.12. The highest BCUT2D eigenvalue weighted by molar-refractivity contribution is 7.52. The van der Waals surface area contributed by atoms with E-state index in [9.17, 15) is 19.0 Å². The highest BCUT2D eigenvalue weighted by Crippen LogP contribution is 2.46. The summed E-state index contributed by atoms with van der Waals surface area (Å²) in [7, 11) is -2.41. The third kappa shape index (κ3) is 4.01. The Balaban J connectivity index is 2.18. The summed E-state index contributed by atoms with van der Waals surface area (Å²) in [6, 6.07) is 0. The third-order valence-electron chi connectivity index (χ3n) is 4.27. The number of nitrogens with zero attached hydrogens (tertiary/aromatic N) is 1. The van der Waals surface area contributed by atoms with E-state index < -0.39 is 25.1 Å². The van der Waals surface area contributed by atoms with Gasteiger partial charge >= 0.3 is 13.3 Å². The minimum atomic E-state index is -3.62. The van der Waals surface area contributed by atoms with Gasteiger partial charge in [0.15, 0.2) is 0 Å². The molecule has 5 unspecified atom stereocenters. The zero-order valence-corrected chi connectivity index (χ0v) is 14.6. The Bertz CT molecular complexity index is 727. The molecule has 1 aromatic heterocycles. The molecule has 1 fully saturated rings. The average Bonchev–Trinajstić information content (AvgIpc) is 2.84. The highest BCUT2D eigenvalue weighted by atomic mass is 31.2. The summed E-state index contributed by atoms with van der Waals surface area (Å²) in [5.74, 6) is -0.101. The van der Waals surface area contributed by atoms with Crippen LogP contribution in [0.25, 0.3) is 0 Å². The highest BCUT2D eigenvalue weighted by Gasteiger charge is 2.39. The lowest BCUT2D eigenvalue weighted by Gasteiger charge is -2.24. The van der Waals surface area contributed by atoms with Crippen molar-refractivity contribution in [3.05, 3.63) is 32.6 Å². The molecule has 2 rings (SSSR count). The van der Waals surface area contributed by atoms with Crippen molar-refractivity contribution in [2.45, 2.75) is 39.5 Å². The van der Waals surface area contributed by atoms with Crippen LogP contribution in [0.3, 0.4) is 0 Å². The second-order valence-electron chi connectivity index (χ2n) is 6.23. The number of aryl methyl sites for hydroxylation is 1. The molecule has 2 N–H and O–H groups in total. The Hall–Kier alpha value is -1.21. The largest absolute Gasteiger partial charge is 0.354 e. The Labute approximate surface area is 134 Å². The minimum absolute atomic E-state index is 0.00915. The van der Waals surface area contributed by atoms with Gasteiger partial charge in [-0.05, 0) is 25.2 Å². The monoisotopic (exact) mass is 346 g/mol. The first kappa shape index (κ1) is 18.1. The molecule has 0 bridgehead atoms. The van der Waals surface area contributed by atoms with Crippen LogP contribution >= 0.6 is 7.60 Å². The molecule has 1 aliphatic heterocycles. The van der Waals surface area contributed by atoms with Crippen molar-refractivity contribution in [3.8, 4) is 0 Å². The molecule has 130 valence electrons. The van der Waals surface area contributed by atoms with E-state index in [0.29, 0.717) is 12.0 Å². The summed E-state index contributed by atoms with van der Waals surface area (Å²) in [6.07, 6.45) is 1.29. The smallest absolute Gasteiger partial charge is 0.330 e. The Morgan fingerprint density at radius 2 is 2.22 bits per heavy atom. The standard InChI is InChI=1S/C14H23N2O6P/c1-8-5-11(16-6-9(2)13(17)15-14(16)18)22-12(8)10(3)7-23(19,20)21-4/h6,8,10-12H,5,7H2,1-4H3,(H,19,20)(H,15,17,18). The van der Waals surface area contributed by atoms with E-state index >= 15 is 0 Å². The molecule has 8 nitrogen and oxygen atoms in total. The fraction of sp³-hybridized carbons (Fsp3) is 0.714. The molecule has 2 heterocycles. The maximum Gasteiger partial charge on any atom is 0.330 e. The van der Waals surface area contributed by atoms with Crippen LogP contribution in [0.2, 0.25) is 0 Å². The van der Waals surface area contributed by atoms with E-state index in [1.165, 1.54) is 17.9 Å². The van der Waals surface area contributed by atoms with E-state index in [0.717, 1.165) is 0 Å². The lowest BCUT2D eigenvalue weighted by atomic mass is 9.94. The van der Waals surface area contributed by atoms with Gasteiger partial charge < -0.3 is 14.2 Å². The second-order valence-corrected chi connectivity index (χ2v) is 8.23. The molecule has 9 heteroatoms. The van der Waals surface area contributed by atoms with E-state index in [1.807, 2.05) is 13.8 Å². The molecule has 0 aromatic carbocycles. The molecule has 1 saturated heterocycles. The van der Waals surface area contributed by atoms with Crippen molar-refractivity contribution < 1.29 is 18.7 Å². The maximum absolute atomic E-state index is 12.0. The number of hydrogen-bond acceptors (Lipinski definition) is 5. The number of hydrogen-bond donors (Lipinski definition) is 2. The molecule has 0 saturated carbocycles. The molecule has 5 atom stereocenters. The SMILES string of the molecule is COP(=O)(O)CC(C)C1OC(n2cc(C)c(=O)[nH]c2=O)CC1C. The summed E-state index contributed by atoms with van der Waals surface area (Å²) < 4.78 is 23.7. The van der Waals surface area contributed by atoms with Crippen molar-refractivity contribution in [2.75, 3.05) is 13.3 Å². The predicted molar refractivity (Wildman–Crippen MR) is 84.6 cm³/mol. The van der Waals surface area contributed by atoms with Gasteiger partial charge in [-0.3, -0.25) is 18.9 Å². The number of H-pyrrole nitrogens is 1. The number of nitrogens with one attached hydrogen (secondary N) is 1. The maximum atomic E-state index is 12.0. The summed E-state index contributed by atoms with van der Waals surface area (Å²) in [5.41, 5.74) is -0.504. The lowest BCUT2D eigenvalue weighted by Crippen LogP contribution is -2.33. The van der Waals surface area contributed by atoms with E-state index in [2.05, 4.69) is 9.51 Å². The van der Waals surface area contributed by atoms with Crippen LogP contribution in [0.15, 0.2) is 15.8 Å². The van der Waals surface area contributed by atoms with Crippen molar-refractivity contribution in [2.24, 2.45) is 11.8 Å². The molecular formula is C14H23N2O6P. The van der Waals surface area contributed by atoms with Gasteiger partial charge in [-0.15, -0.1) is 0 Å². The van der Waals surface area contributed by atoms with Gasteiger partial charge in [0, 0.05) is 18.9 Å². The topological polar surface area (TPSA) is 111 Å². The van der Waals surface area contributed by atoms with E-state index in [4.69, 9.17) is 4.74 Å². The first-order valence-corrected chi connectivity index (χ1v) is 9.26. The van der Waals surface area contributed by atoms with Crippen LogP contribution in [0.1, 0.15) is 32.1 Å². The molecule has 0 amide bonds. The van der Waals surface area contributed by atoms with Gasteiger partial charge in [0.1, 0.15) is 6.23 Å². The van der Waals surface area contributed by atoms with Crippen molar-refractivity contribution >= 4 is 7.60 Å². The minimum Gasteiger partial charge on any atom is -0.354 e. The van der Waals surface area contributed by atoms with Crippen LogP contribution in [-0.2, 0) is 13.8 Å². The van der Waals surface area contributed by atoms with Gasteiger partial charge in [-0.2, -0.15) is 0 Å². The van der Waals surface area contributed by atoms with Crippen LogP contribution in [0, 0.1) is 18.8 Å². The van der Waals surface area contributed by atoms with Crippen molar-refractivity contribution in [3.63, 3.8) is 0 Å². The van der Waals surface area contributed by atoms with Crippen LogP contribution in [-0.4, -0.2) is 33.8 Å². The van der Waals surface area contributed by atoms with Crippen molar-refractivity contribution in [1.82, 2.24) is 9.55 Å². The Kier molecular flexibility index (Phi) is 5.30. The molecule has 0 spiro atoms. The quantitative estimate of drug-likeness (QED) is 0.776. The van der Waals surface area contributed by atoms with E-state index in [-0.39, 0.29) is 24.1 Å². The molecule has 0 aliphatic carbocycles. The summed E-state index contributed by atoms with van der Waals surface area (Å²) in [5, 5.41) is 0. The van der Waals surface area contributed by atoms with Gasteiger partial charge in [0.2, 0.25) is 0 Å². The van der Waals surface area contributed by atoms with Crippen LogP contribution in [0.5, 0.6) is 0 Å². The number of rotatable bonds is 5. The summed E-state index contributed by atoms with van der Waals surface area (Å²) >= 11 is 0. The van der Waals surface area contributed by atoms with Gasteiger partial charge in [-0.1, -0.05) is 13.8 Å². The molecule has 0 radical (unpaired) electrons. The molecule has 23 heavy (non-hydrogen) atoms. The predicted octanol–water partition coefficient (Wildman–Crippen LogP) is 1.24. The Morgan fingerprint density at radius 3 is 2.83 bits per heavy atom. The first-order chi connectivity index (χ1) is 10.6. The molecule has 1 aliphatic rings. The normalized spacial score (nSPS) is 28.5. The number of aromatic nitrogens is 2. The second kappa shape index (κ2) is 6.73. The lowest BCUT2D eigenvalue weighted by molar-refractivity contribution is -0.0279. The zero-order valence-electron chi connectivity index (χ0n) is 13.7. The summed E-state index contributed by atoms with van der Waals surface area (Å²) in [6.45, 7) is 5.42. The van der Waals surface area contributed by atoms with Gasteiger partial charge in [0.05, 0.1) is 12.3 Å². The zero-order chi connectivity index (χ0) is 17.4. The fourth-order valence-electron chi connectivity index (χ4n) is 3.04. The molecular weight excluding hydrogens is 323 g/mol. The molecule has 1 aromatic rings. The van der Waals surface area contributed by atoms with Crippen molar-refractivity contribution in [1.29, 1.82) is 0 Å². The number of aromatic amines is 1. The van der Waals surface area contributed by atoms with Crippen LogP contribution in [0.4, 0.5) is 0 Å². The van der Waals surface area contributed by atoms with E-state index in [1.54, 1.807) is 6.92 Å². The third-order valence-corrected chi connectivity index (χ3v) is 5.88.